The van der Waals surface area contributed by atoms with Crippen molar-refractivity contribution in [2.24, 2.45) is 16.5 Å². The van der Waals surface area contributed by atoms with Gasteiger partial charge in [-0.3, -0.25) is 20.1 Å². The van der Waals surface area contributed by atoms with Crippen LogP contribution in [0.15, 0.2) is 59.1 Å². The highest BCUT2D eigenvalue weighted by Crippen LogP contribution is 2.36. The number of nitrogens with two attached hydrogens (primary N) is 2. The number of nitrogens with one attached hydrogen (secondary N) is 2. The highest BCUT2D eigenvalue weighted by atomic mass is 16.6. The molecule has 2 aromatic rings. The molecule has 48 heavy (non-hydrogen) atoms. The number of carbonyl (C=O) groups is 4. The molecule has 1 aliphatic heterocycles. The number of benzene rings is 2. The van der Waals surface area contributed by atoms with Gasteiger partial charge >= 0.3 is 24.0 Å². The Bertz CT molecular complexity index is 1660. The number of hydrogen-bond donors (Lipinski definition) is 5. The molecule has 1 unspecified atom stereocenters. The molecule has 0 aromatic heterocycles. The van der Waals surface area contributed by atoms with E-state index in [1.165, 1.54) is 36.1 Å². The second-order valence-corrected chi connectivity index (χ2v) is 13.1. The third-order valence-electron chi connectivity index (χ3n) is 7.77. The second kappa shape index (κ2) is 14.7. The molecule has 1 heterocycles. The Morgan fingerprint density at radius 1 is 1.00 bits per heavy atom. The molecule has 256 valence electrons. The van der Waals surface area contributed by atoms with E-state index < -0.39 is 52.9 Å². The number of alkyl carbamates (subject to hydrolysis) is 1. The van der Waals surface area contributed by atoms with Crippen LogP contribution in [0.4, 0.5) is 4.79 Å². The van der Waals surface area contributed by atoms with E-state index in [-0.39, 0.29) is 26.1 Å². The van der Waals surface area contributed by atoms with Gasteiger partial charge in [0.15, 0.2) is 0 Å². The standard InChI is InChI=1S/C34H42N6O8/c1-33(2,47-30(43)28(35)36)18-38-29(37)31(44)48-34(3,4)19-40-12-11-22(16-40)26(15-27(41)42)39-32(45)46-17-20-9-10-25-23(13-20)14-21-7-5-6-8-24(21)25/h5-11,13,26H,12,14-19H2,1-4H3,(H3,35,36)(H2,37,38)(H,39,45)(H,41,42). The lowest BCUT2D eigenvalue weighted by Crippen LogP contribution is -2.45. The summed E-state index contributed by atoms with van der Waals surface area (Å²) in [7, 11) is 0. The third kappa shape index (κ3) is 9.64. The number of ether oxygens (including phenoxy) is 3. The SMILES string of the molecule is CC(C)(CN=C(N)C(=O)OC(C)(C)CN1CC=C(C(CC(=O)O)NC(=O)OCc2ccc3c(c2)Cc2ccccc2-3)C1)OC(=O)C(=N)N. The summed E-state index contributed by atoms with van der Waals surface area (Å²) >= 11 is 0. The van der Waals surface area contributed by atoms with Gasteiger partial charge in [0.1, 0.15) is 17.8 Å². The summed E-state index contributed by atoms with van der Waals surface area (Å²) in [4.78, 5) is 54.6. The first-order valence-corrected chi connectivity index (χ1v) is 15.4. The number of hydrogen-bond acceptors (Lipinski definition) is 10. The Balaban J connectivity index is 1.27. The zero-order valence-corrected chi connectivity index (χ0v) is 27.5. The number of nitrogens with zero attached hydrogens (tertiary/aromatic N) is 2. The van der Waals surface area contributed by atoms with E-state index in [0.717, 1.165) is 12.0 Å². The molecule has 0 saturated carbocycles. The second-order valence-electron chi connectivity index (χ2n) is 13.1. The first kappa shape index (κ1) is 35.6. The van der Waals surface area contributed by atoms with Crippen LogP contribution < -0.4 is 16.8 Å². The molecule has 2 aliphatic rings. The predicted molar refractivity (Wildman–Crippen MR) is 177 cm³/mol. The number of carboxylic acids is 1. The molecule has 2 aromatic carbocycles. The summed E-state index contributed by atoms with van der Waals surface area (Å²) in [5.41, 5.74) is 15.1. The topological polar surface area (TPSA) is 220 Å². The van der Waals surface area contributed by atoms with Crippen molar-refractivity contribution in [3.8, 4) is 11.1 Å². The quantitative estimate of drug-likeness (QED) is 0.0623. The minimum Gasteiger partial charge on any atom is -0.481 e. The monoisotopic (exact) mass is 662 g/mol. The number of rotatable bonds is 12. The molecule has 0 spiro atoms. The highest BCUT2D eigenvalue weighted by molar-refractivity contribution is 6.35. The van der Waals surface area contributed by atoms with Crippen LogP contribution in [0, 0.1) is 5.41 Å². The molecular weight excluding hydrogens is 620 g/mol. The Labute approximate surface area is 278 Å². The van der Waals surface area contributed by atoms with Gasteiger partial charge in [-0.25, -0.2) is 14.4 Å². The maximum atomic E-state index is 12.8. The van der Waals surface area contributed by atoms with E-state index in [1.54, 1.807) is 13.8 Å². The lowest BCUT2D eigenvalue weighted by atomic mass is 10.0. The van der Waals surface area contributed by atoms with Crippen LogP contribution >= 0.6 is 0 Å². The van der Waals surface area contributed by atoms with Gasteiger partial charge in [0, 0.05) is 19.6 Å². The van der Waals surface area contributed by atoms with Crippen molar-refractivity contribution >= 4 is 35.7 Å². The normalized spacial score (nSPS) is 15.1. The summed E-state index contributed by atoms with van der Waals surface area (Å²) in [5, 5.41) is 19.4. The fraction of sp³-hybridized carbons (Fsp3) is 0.412. The maximum absolute atomic E-state index is 12.8. The molecule has 0 saturated heterocycles. The van der Waals surface area contributed by atoms with Crippen molar-refractivity contribution in [2.45, 2.75) is 64.4 Å². The summed E-state index contributed by atoms with van der Waals surface area (Å²) < 4.78 is 16.1. The number of amides is 1. The van der Waals surface area contributed by atoms with Crippen LogP contribution in [0.5, 0.6) is 0 Å². The molecule has 14 heteroatoms. The molecule has 0 radical (unpaired) electrons. The van der Waals surface area contributed by atoms with E-state index in [4.69, 9.17) is 31.1 Å². The van der Waals surface area contributed by atoms with Crippen molar-refractivity contribution in [1.82, 2.24) is 10.2 Å². The van der Waals surface area contributed by atoms with Crippen LogP contribution in [-0.2, 0) is 41.6 Å². The van der Waals surface area contributed by atoms with Crippen molar-refractivity contribution in [3.63, 3.8) is 0 Å². The zero-order valence-electron chi connectivity index (χ0n) is 27.5. The summed E-state index contributed by atoms with van der Waals surface area (Å²) in [5.74, 6) is -4.16. The largest absolute Gasteiger partial charge is 0.481 e. The average Bonchev–Trinajstić information content (AvgIpc) is 3.61. The maximum Gasteiger partial charge on any atom is 0.407 e. The minimum absolute atomic E-state index is 0.0352. The lowest BCUT2D eigenvalue weighted by molar-refractivity contribution is -0.149. The summed E-state index contributed by atoms with van der Waals surface area (Å²) in [6.45, 7) is 7.31. The fourth-order valence-electron chi connectivity index (χ4n) is 5.63. The van der Waals surface area contributed by atoms with Crippen molar-refractivity contribution in [1.29, 1.82) is 5.41 Å². The fourth-order valence-corrected chi connectivity index (χ4v) is 5.63. The Morgan fingerprint density at radius 2 is 1.69 bits per heavy atom. The number of aliphatic carboxylic acids is 1. The molecule has 1 aliphatic carbocycles. The summed E-state index contributed by atoms with van der Waals surface area (Å²) in [6, 6.07) is 13.4. The number of esters is 2. The Hall–Kier alpha value is -5.24. The number of carboxylic acid groups (broad SMARTS) is 1. The van der Waals surface area contributed by atoms with Gasteiger partial charge in [0.25, 0.3) is 0 Å². The van der Waals surface area contributed by atoms with Gasteiger partial charge in [-0.15, -0.1) is 0 Å². The number of amidine groups is 2. The van der Waals surface area contributed by atoms with E-state index in [9.17, 15) is 24.3 Å². The van der Waals surface area contributed by atoms with Crippen LogP contribution in [0.2, 0.25) is 0 Å². The van der Waals surface area contributed by atoms with Gasteiger partial charge < -0.3 is 36.1 Å². The smallest absolute Gasteiger partial charge is 0.407 e. The molecular formula is C34H42N6O8. The first-order chi connectivity index (χ1) is 22.5. The predicted octanol–water partition coefficient (Wildman–Crippen LogP) is 2.51. The average molecular weight is 663 g/mol. The number of aliphatic imine (C=N–C) groups is 1. The van der Waals surface area contributed by atoms with Crippen LogP contribution in [0.3, 0.4) is 0 Å². The minimum atomic E-state index is -1.18. The van der Waals surface area contributed by atoms with Gasteiger partial charge in [0.05, 0.1) is 19.0 Å². The van der Waals surface area contributed by atoms with Crippen molar-refractivity contribution < 1.29 is 38.5 Å². The van der Waals surface area contributed by atoms with E-state index in [0.29, 0.717) is 18.7 Å². The van der Waals surface area contributed by atoms with Crippen LogP contribution in [-0.4, -0.2) is 89.1 Å². The molecule has 14 nitrogen and oxygen atoms in total. The molecule has 7 N–H and O–H groups in total. The van der Waals surface area contributed by atoms with E-state index in [1.807, 2.05) is 41.3 Å². The third-order valence-corrected chi connectivity index (χ3v) is 7.77. The zero-order chi connectivity index (χ0) is 35.2. The van der Waals surface area contributed by atoms with Crippen molar-refractivity contribution in [3.05, 3.63) is 70.8 Å². The Morgan fingerprint density at radius 3 is 2.40 bits per heavy atom. The number of fused-ring (bicyclic) bond motifs is 3. The van der Waals surface area contributed by atoms with Crippen LogP contribution in [0.1, 0.15) is 50.8 Å². The van der Waals surface area contributed by atoms with E-state index in [2.05, 4.69) is 22.4 Å². The van der Waals surface area contributed by atoms with Crippen molar-refractivity contribution in [2.75, 3.05) is 26.2 Å². The highest BCUT2D eigenvalue weighted by Gasteiger charge is 2.32. The van der Waals surface area contributed by atoms with E-state index >= 15 is 0 Å². The molecule has 0 bridgehead atoms. The molecule has 0 fully saturated rings. The lowest BCUT2D eigenvalue weighted by Gasteiger charge is -2.30. The van der Waals surface area contributed by atoms with Gasteiger partial charge in [-0.05, 0) is 67.5 Å². The molecule has 4 rings (SSSR count). The van der Waals surface area contributed by atoms with Gasteiger partial charge in [-0.2, -0.15) is 0 Å². The first-order valence-electron chi connectivity index (χ1n) is 15.4. The van der Waals surface area contributed by atoms with Gasteiger partial charge in [-0.1, -0.05) is 48.5 Å². The van der Waals surface area contributed by atoms with Crippen LogP contribution in [0.25, 0.3) is 11.1 Å². The van der Waals surface area contributed by atoms with Gasteiger partial charge in [0.2, 0.25) is 11.7 Å². The molecule has 1 amide bonds. The summed E-state index contributed by atoms with van der Waals surface area (Å²) in [6.07, 6.45) is 1.58. The Kier molecular flexibility index (Phi) is 10.9. The molecule has 1 atom stereocenters. The number of carbonyl (C=O) groups excluding carboxylic acids is 3.